The minimum atomic E-state index is -3.42. The first-order chi connectivity index (χ1) is 12.1. The number of carbonyl (C=O) groups excluding carboxylic acids is 1. The van der Waals surface area contributed by atoms with Crippen LogP contribution in [0.5, 0.6) is 0 Å². The molecule has 25 heavy (non-hydrogen) atoms. The van der Waals surface area contributed by atoms with E-state index in [1.165, 1.54) is 32.5 Å². The Morgan fingerprint density at radius 2 is 1.80 bits per heavy atom. The Kier molecular flexibility index (Phi) is 4.70. The summed E-state index contributed by atoms with van der Waals surface area (Å²) in [5, 5.41) is 3.76. The molecule has 1 aliphatic carbocycles. The van der Waals surface area contributed by atoms with Crippen molar-refractivity contribution in [1.29, 1.82) is 0 Å². The van der Waals surface area contributed by atoms with Gasteiger partial charge in [-0.05, 0) is 42.7 Å². The van der Waals surface area contributed by atoms with Gasteiger partial charge in [0.15, 0.2) is 0 Å². The Bertz CT molecular complexity index is 863. The Labute approximate surface area is 155 Å². The number of fused-ring (bicyclic) bond motifs is 1. The van der Waals surface area contributed by atoms with E-state index in [1.54, 1.807) is 33.7 Å². The van der Waals surface area contributed by atoms with Gasteiger partial charge in [0.2, 0.25) is 0 Å². The van der Waals surface area contributed by atoms with Crippen molar-refractivity contribution in [2.75, 3.05) is 26.2 Å². The Hall–Kier alpha value is -1.22. The summed E-state index contributed by atoms with van der Waals surface area (Å²) in [6.45, 7) is 1.62. The number of amides is 1. The average Bonchev–Trinajstić information content (AvgIpc) is 3.31. The smallest absolute Gasteiger partial charge is 0.255 e. The summed E-state index contributed by atoms with van der Waals surface area (Å²) >= 11 is 2.93. The summed E-state index contributed by atoms with van der Waals surface area (Å²) < 4.78 is 27.0. The van der Waals surface area contributed by atoms with Crippen LogP contribution in [0.15, 0.2) is 27.1 Å². The second-order valence-electron chi connectivity index (χ2n) is 6.39. The number of hydrogen-bond acceptors (Lipinski definition) is 5. The molecule has 0 unspecified atom stereocenters. The summed E-state index contributed by atoms with van der Waals surface area (Å²) in [7, 11) is -3.42. The van der Waals surface area contributed by atoms with E-state index in [2.05, 4.69) is 0 Å². The molecule has 134 valence electrons. The van der Waals surface area contributed by atoms with Gasteiger partial charge >= 0.3 is 0 Å². The third-order valence-electron chi connectivity index (χ3n) is 4.91. The van der Waals surface area contributed by atoms with E-state index < -0.39 is 10.0 Å². The van der Waals surface area contributed by atoms with Gasteiger partial charge in [0, 0.05) is 36.4 Å². The highest BCUT2D eigenvalue weighted by atomic mass is 32.2. The third-order valence-corrected chi connectivity index (χ3v) is 9.27. The molecule has 0 aromatic carbocycles. The zero-order chi connectivity index (χ0) is 17.4. The van der Waals surface area contributed by atoms with Crippen LogP contribution in [0.4, 0.5) is 0 Å². The predicted octanol–water partition coefficient (Wildman–Crippen LogP) is 2.84. The van der Waals surface area contributed by atoms with Crippen LogP contribution in [0.3, 0.4) is 0 Å². The molecule has 5 nitrogen and oxygen atoms in total. The van der Waals surface area contributed by atoms with Crippen molar-refractivity contribution in [2.45, 2.75) is 29.9 Å². The highest BCUT2D eigenvalue weighted by molar-refractivity contribution is 7.91. The van der Waals surface area contributed by atoms with Crippen LogP contribution in [-0.4, -0.2) is 49.7 Å². The van der Waals surface area contributed by atoms with Gasteiger partial charge in [-0.3, -0.25) is 4.79 Å². The number of sulfonamides is 1. The molecule has 0 bridgehead atoms. The van der Waals surface area contributed by atoms with E-state index in [1.807, 2.05) is 5.38 Å². The molecule has 0 saturated carbocycles. The second-order valence-corrected chi connectivity index (χ2v) is 10.5. The SMILES string of the molecule is O=C(c1csc2c1CCCC2)N1CCN(S(=O)(=O)c2cccs2)CC1. The lowest BCUT2D eigenvalue weighted by atomic mass is 9.95. The van der Waals surface area contributed by atoms with E-state index in [9.17, 15) is 13.2 Å². The van der Waals surface area contributed by atoms with Gasteiger partial charge in [-0.2, -0.15) is 4.31 Å². The molecule has 8 heteroatoms. The van der Waals surface area contributed by atoms with Crippen molar-refractivity contribution in [3.63, 3.8) is 0 Å². The van der Waals surface area contributed by atoms with Crippen LogP contribution < -0.4 is 0 Å². The molecular formula is C17H20N2O3S3. The van der Waals surface area contributed by atoms with Gasteiger partial charge in [0.1, 0.15) is 4.21 Å². The molecule has 2 aliphatic rings. The molecule has 2 aromatic rings. The number of carbonyl (C=O) groups is 1. The number of nitrogens with zero attached hydrogens (tertiary/aromatic N) is 2. The number of hydrogen-bond donors (Lipinski definition) is 0. The molecule has 2 aromatic heterocycles. The second kappa shape index (κ2) is 6.83. The molecule has 1 aliphatic heterocycles. The molecule has 1 saturated heterocycles. The maximum atomic E-state index is 12.9. The van der Waals surface area contributed by atoms with Crippen molar-refractivity contribution in [3.8, 4) is 0 Å². The Morgan fingerprint density at radius 3 is 2.52 bits per heavy atom. The fourth-order valence-electron chi connectivity index (χ4n) is 3.51. The van der Waals surface area contributed by atoms with Crippen LogP contribution in [-0.2, 0) is 22.9 Å². The quantitative estimate of drug-likeness (QED) is 0.802. The third kappa shape index (κ3) is 3.16. The summed E-state index contributed by atoms with van der Waals surface area (Å²) in [6.07, 6.45) is 4.43. The Balaban J connectivity index is 1.45. The van der Waals surface area contributed by atoms with Gasteiger partial charge in [0.25, 0.3) is 15.9 Å². The standard InChI is InChI=1S/C17H20N2O3S3/c20-17(14-12-24-15-5-2-1-4-13(14)15)18-7-9-19(10-8-18)25(21,22)16-6-3-11-23-16/h3,6,11-12H,1-2,4-5,7-10H2. The van der Waals surface area contributed by atoms with Crippen LogP contribution in [0, 0.1) is 0 Å². The lowest BCUT2D eigenvalue weighted by Gasteiger charge is -2.34. The van der Waals surface area contributed by atoms with Crippen molar-refractivity contribution in [1.82, 2.24) is 9.21 Å². The largest absolute Gasteiger partial charge is 0.336 e. The number of piperazine rings is 1. The first-order valence-electron chi connectivity index (χ1n) is 8.49. The highest BCUT2D eigenvalue weighted by Gasteiger charge is 2.32. The predicted molar refractivity (Wildman–Crippen MR) is 99.9 cm³/mol. The van der Waals surface area contributed by atoms with Gasteiger partial charge in [-0.1, -0.05) is 6.07 Å². The first-order valence-corrected chi connectivity index (χ1v) is 11.7. The topological polar surface area (TPSA) is 57.7 Å². The normalized spacial score (nSPS) is 19.0. The van der Waals surface area contributed by atoms with Crippen molar-refractivity contribution in [3.05, 3.63) is 38.9 Å². The first kappa shape index (κ1) is 17.2. The summed E-state index contributed by atoms with van der Waals surface area (Å²) in [5.41, 5.74) is 2.07. The van der Waals surface area contributed by atoms with Gasteiger partial charge < -0.3 is 4.90 Å². The maximum absolute atomic E-state index is 12.9. The molecule has 3 heterocycles. The lowest BCUT2D eigenvalue weighted by molar-refractivity contribution is 0.0697. The molecule has 1 amide bonds. The monoisotopic (exact) mass is 396 g/mol. The van der Waals surface area contributed by atoms with Crippen LogP contribution in [0.2, 0.25) is 0 Å². The zero-order valence-electron chi connectivity index (χ0n) is 13.8. The fourth-order valence-corrected chi connectivity index (χ4v) is 7.20. The van der Waals surface area contributed by atoms with Gasteiger partial charge in [-0.25, -0.2) is 8.42 Å². The van der Waals surface area contributed by atoms with Crippen molar-refractivity contribution >= 4 is 38.6 Å². The van der Waals surface area contributed by atoms with E-state index in [4.69, 9.17) is 0 Å². The molecular weight excluding hydrogens is 376 g/mol. The molecule has 0 radical (unpaired) electrons. The van der Waals surface area contributed by atoms with E-state index in [0.29, 0.717) is 30.4 Å². The fraction of sp³-hybridized carbons (Fsp3) is 0.471. The van der Waals surface area contributed by atoms with Crippen LogP contribution in [0.1, 0.15) is 33.6 Å². The molecule has 4 rings (SSSR count). The summed E-state index contributed by atoms with van der Waals surface area (Å²) in [5.74, 6) is 0.0626. The average molecular weight is 397 g/mol. The summed E-state index contributed by atoms with van der Waals surface area (Å²) in [4.78, 5) is 16.0. The van der Waals surface area contributed by atoms with E-state index >= 15 is 0 Å². The Morgan fingerprint density at radius 1 is 1.04 bits per heavy atom. The molecule has 0 atom stereocenters. The molecule has 1 fully saturated rings. The highest BCUT2D eigenvalue weighted by Crippen LogP contribution is 2.31. The number of rotatable bonds is 3. The minimum absolute atomic E-state index is 0.0626. The number of aryl methyl sites for hydroxylation is 1. The van der Waals surface area contributed by atoms with Crippen LogP contribution >= 0.6 is 22.7 Å². The minimum Gasteiger partial charge on any atom is -0.336 e. The molecule has 0 N–H and O–H groups in total. The number of thiophene rings is 2. The van der Waals surface area contributed by atoms with E-state index in [0.717, 1.165) is 24.8 Å². The summed E-state index contributed by atoms with van der Waals surface area (Å²) in [6, 6.07) is 3.38. The molecule has 0 spiro atoms. The van der Waals surface area contributed by atoms with Crippen molar-refractivity contribution < 1.29 is 13.2 Å². The van der Waals surface area contributed by atoms with Gasteiger partial charge in [-0.15, -0.1) is 22.7 Å². The lowest BCUT2D eigenvalue weighted by Crippen LogP contribution is -2.50. The van der Waals surface area contributed by atoms with Crippen LogP contribution in [0.25, 0.3) is 0 Å². The maximum Gasteiger partial charge on any atom is 0.255 e. The van der Waals surface area contributed by atoms with E-state index in [-0.39, 0.29) is 5.91 Å². The van der Waals surface area contributed by atoms with Gasteiger partial charge in [0.05, 0.1) is 5.56 Å². The van der Waals surface area contributed by atoms with Crippen molar-refractivity contribution in [2.24, 2.45) is 0 Å². The zero-order valence-corrected chi connectivity index (χ0v) is 16.3.